The van der Waals surface area contributed by atoms with Gasteiger partial charge >= 0.3 is 5.97 Å². The lowest BCUT2D eigenvalue weighted by Gasteiger charge is -2.21. The summed E-state index contributed by atoms with van der Waals surface area (Å²) >= 11 is 0. The molecule has 0 aliphatic carbocycles. The summed E-state index contributed by atoms with van der Waals surface area (Å²) in [6.07, 6.45) is 0.460. The van der Waals surface area contributed by atoms with Gasteiger partial charge in [-0.05, 0) is 42.2 Å². The van der Waals surface area contributed by atoms with E-state index < -0.39 is 11.9 Å². The molecule has 0 spiro atoms. The van der Waals surface area contributed by atoms with Gasteiger partial charge in [0.1, 0.15) is 13.2 Å². The number of rotatable bonds is 4. The van der Waals surface area contributed by atoms with Gasteiger partial charge in [-0.25, -0.2) is 0 Å². The van der Waals surface area contributed by atoms with Crippen molar-refractivity contribution in [1.29, 1.82) is 0 Å². The summed E-state index contributed by atoms with van der Waals surface area (Å²) in [4.78, 5) is 11.7. The van der Waals surface area contributed by atoms with Crippen molar-refractivity contribution in [1.82, 2.24) is 0 Å². The van der Waals surface area contributed by atoms with Crippen LogP contribution < -0.4 is 9.47 Å². The Kier molecular flexibility index (Phi) is 4.00. The summed E-state index contributed by atoms with van der Waals surface area (Å²) in [5, 5.41) is 9.61. The maximum Gasteiger partial charge on any atom is 0.311 e. The Morgan fingerprint density at radius 3 is 2.59 bits per heavy atom. The third kappa shape index (κ3) is 2.91. The van der Waals surface area contributed by atoms with Crippen LogP contribution in [0.4, 0.5) is 0 Å². The Bertz CT molecular complexity index is 693. The number of fused-ring (bicyclic) bond motifs is 1. The smallest absolute Gasteiger partial charge is 0.311 e. The zero-order chi connectivity index (χ0) is 15.5. The SMILES string of the molecule is Cc1ccccc1CC(C(=O)O)c1ccc2c(c1)OCCO2. The molecule has 0 fully saturated rings. The Morgan fingerprint density at radius 1 is 1.14 bits per heavy atom. The molecule has 114 valence electrons. The molecule has 1 atom stereocenters. The fourth-order valence-electron chi connectivity index (χ4n) is 2.68. The maximum absolute atomic E-state index is 11.7. The number of aryl methyl sites for hydroxylation is 1. The average Bonchev–Trinajstić information content (AvgIpc) is 2.53. The Labute approximate surface area is 129 Å². The molecule has 1 heterocycles. The normalized spacial score (nSPS) is 14.4. The lowest BCUT2D eigenvalue weighted by molar-refractivity contribution is -0.138. The third-order valence-corrected chi connectivity index (χ3v) is 3.95. The summed E-state index contributed by atoms with van der Waals surface area (Å²) in [6.45, 7) is 3.02. The van der Waals surface area contributed by atoms with Gasteiger partial charge in [0.05, 0.1) is 5.92 Å². The van der Waals surface area contributed by atoms with E-state index in [-0.39, 0.29) is 0 Å². The van der Waals surface area contributed by atoms with Crippen LogP contribution in [0.3, 0.4) is 0 Å². The van der Waals surface area contributed by atoms with Crippen molar-refractivity contribution in [2.24, 2.45) is 0 Å². The van der Waals surface area contributed by atoms with Gasteiger partial charge < -0.3 is 14.6 Å². The molecule has 0 amide bonds. The zero-order valence-electron chi connectivity index (χ0n) is 12.4. The van der Waals surface area contributed by atoms with Crippen LogP contribution in [0.15, 0.2) is 42.5 Å². The van der Waals surface area contributed by atoms with Crippen molar-refractivity contribution in [2.45, 2.75) is 19.3 Å². The summed E-state index contributed by atoms with van der Waals surface area (Å²) < 4.78 is 11.0. The highest BCUT2D eigenvalue weighted by Crippen LogP contribution is 2.34. The van der Waals surface area contributed by atoms with Crippen molar-refractivity contribution in [3.63, 3.8) is 0 Å². The predicted molar refractivity (Wildman–Crippen MR) is 82.7 cm³/mol. The van der Waals surface area contributed by atoms with Gasteiger partial charge in [0.2, 0.25) is 0 Å². The van der Waals surface area contributed by atoms with Crippen molar-refractivity contribution < 1.29 is 19.4 Å². The predicted octanol–water partition coefficient (Wildman–Crippen LogP) is 3.18. The lowest BCUT2D eigenvalue weighted by atomic mass is 9.90. The highest BCUT2D eigenvalue weighted by Gasteiger charge is 2.23. The molecule has 0 aromatic heterocycles. The number of aliphatic carboxylic acids is 1. The second kappa shape index (κ2) is 6.10. The van der Waals surface area contributed by atoms with Crippen molar-refractivity contribution in [3.8, 4) is 11.5 Å². The second-order valence-electron chi connectivity index (χ2n) is 5.42. The van der Waals surface area contributed by atoms with Gasteiger partial charge in [-0.15, -0.1) is 0 Å². The summed E-state index contributed by atoms with van der Waals surface area (Å²) in [5.41, 5.74) is 2.89. The summed E-state index contributed by atoms with van der Waals surface area (Å²) in [7, 11) is 0. The van der Waals surface area contributed by atoms with E-state index in [9.17, 15) is 9.90 Å². The minimum Gasteiger partial charge on any atom is -0.486 e. The molecule has 1 unspecified atom stereocenters. The summed E-state index contributed by atoms with van der Waals surface area (Å²) in [6, 6.07) is 13.2. The van der Waals surface area contributed by atoms with E-state index in [0.29, 0.717) is 31.1 Å². The van der Waals surface area contributed by atoms with E-state index in [1.54, 1.807) is 12.1 Å². The van der Waals surface area contributed by atoms with Crippen LogP contribution in [0, 0.1) is 6.92 Å². The van der Waals surface area contributed by atoms with Crippen LogP contribution >= 0.6 is 0 Å². The average molecular weight is 298 g/mol. The standard InChI is InChI=1S/C18H18O4/c1-12-4-2-3-5-13(12)10-15(18(19)20)14-6-7-16-17(11-14)22-9-8-21-16/h2-7,11,15H,8-10H2,1H3,(H,19,20). The molecule has 2 aromatic carbocycles. The van der Waals surface area contributed by atoms with Crippen LogP contribution in [0.2, 0.25) is 0 Å². The van der Waals surface area contributed by atoms with E-state index in [1.165, 1.54) is 0 Å². The van der Waals surface area contributed by atoms with Gasteiger partial charge in [-0.1, -0.05) is 30.3 Å². The first-order valence-corrected chi connectivity index (χ1v) is 7.32. The molecule has 1 aliphatic rings. The number of carboxylic acids is 1. The molecule has 3 rings (SSSR count). The first kappa shape index (κ1) is 14.4. The summed E-state index contributed by atoms with van der Waals surface area (Å²) in [5.74, 6) is -0.133. The van der Waals surface area contributed by atoms with E-state index >= 15 is 0 Å². The molecule has 22 heavy (non-hydrogen) atoms. The van der Waals surface area contributed by atoms with E-state index in [0.717, 1.165) is 16.7 Å². The maximum atomic E-state index is 11.7. The quantitative estimate of drug-likeness (QED) is 0.942. The minimum absolute atomic E-state index is 0.460. The number of carboxylic acid groups (broad SMARTS) is 1. The highest BCUT2D eigenvalue weighted by atomic mass is 16.6. The molecule has 4 nitrogen and oxygen atoms in total. The number of ether oxygens (including phenoxy) is 2. The lowest BCUT2D eigenvalue weighted by Crippen LogP contribution is -2.18. The Hall–Kier alpha value is -2.49. The molecule has 0 radical (unpaired) electrons. The largest absolute Gasteiger partial charge is 0.486 e. The number of hydrogen-bond donors (Lipinski definition) is 1. The van der Waals surface area contributed by atoms with E-state index in [2.05, 4.69) is 0 Å². The fraction of sp³-hybridized carbons (Fsp3) is 0.278. The van der Waals surface area contributed by atoms with E-state index in [1.807, 2.05) is 37.3 Å². The zero-order valence-corrected chi connectivity index (χ0v) is 12.4. The minimum atomic E-state index is -0.833. The van der Waals surface area contributed by atoms with Crippen molar-refractivity contribution in [3.05, 3.63) is 59.2 Å². The van der Waals surface area contributed by atoms with Crippen molar-refractivity contribution in [2.75, 3.05) is 13.2 Å². The third-order valence-electron chi connectivity index (χ3n) is 3.95. The van der Waals surface area contributed by atoms with Crippen LogP contribution in [0.1, 0.15) is 22.6 Å². The van der Waals surface area contributed by atoms with Gasteiger partial charge in [0, 0.05) is 0 Å². The van der Waals surface area contributed by atoms with Crippen LogP contribution in [-0.2, 0) is 11.2 Å². The topological polar surface area (TPSA) is 55.8 Å². The molecule has 1 aliphatic heterocycles. The van der Waals surface area contributed by atoms with Gasteiger partial charge in [-0.3, -0.25) is 4.79 Å². The second-order valence-corrected chi connectivity index (χ2v) is 5.42. The van der Waals surface area contributed by atoms with Crippen LogP contribution in [0.25, 0.3) is 0 Å². The van der Waals surface area contributed by atoms with E-state index in [4.69, 9.17) is 9.47 Å². The fourth-order valence-corrected chi connectivity index (χ4v) is 2.68. The van der Waals surface area contributed by atoms with Crippen molar-refractivity contribution >= 4 is 5.97 Å². The van der Waals surface area contributed by atoms with Gasteiger partial charge in [0.25, 0.3) is 0 Å². The molecule has 2 aromatic rings. The highest BCUT2D eigenvalue weighted by molar-refractivity contribution is 5.77. The monoisotopic (exact) mass is 298 g/mol. The van der Waals surface area contributed by atoms with Gasteiger partial charge in [-0.2, -0.15) is 0 Å². The number of hydrogen-bond acceptors (Lipinski definition) is 3. The Balaban J connectivity index is 1.91. The molecule has 0 bridgehead atoms. The molecule has 1 N–H and O–H groups in total. The molecule has 0 saturated heterocycles. The first-order chi connectivity index (χ1) is 10.6. The van der Waals surface area contributed by atoms with Gasteiger partial charge in [0.15, 0.2) is 11.5 Å². The Morgan fingerprint density at radius 2 is 1.86 bits per heavy atom. The van der Waals surface area contributed by atoms with Crippen LogP contribution in [-0.4, -0.2) is 24.3 Å². The number of carbonyl (C=O) groups is 1. The number of benzene rings is 2. The molecular weight excluding hydrogens is 280 g/mol. The first-order valence-electron chi connectivity index (χ1n) is 7.32. The molecule has 4 heteroatoms. The molecule has 0 saturated carbocycles. The molecular formula is C18H18O4. The van der Waals surface area contributed by atoms with Crippen LogP contribution in [0.5, 0.6) is 11.5 Å².